The lowest BCUT2D eigenvalue weighted by molar-refractivity contribution is 0.239. The summed E-state index contributed by atoms with van der Waals surface area (Å²) in [5.74, 6) is 0. The third-order valence-corrected chi connectivity index (χ3v) is 6.07. The van der Waals surface area contributed by atoms with E-state index in [9.17, 15) is 8.42 Å². The van der Waals surface area contributed by atoms with Crippen molar-refractivity contribution in [1.82, 2.24) is 4.31 Å². The van der Waals surface area contributed by atoms with Gasteiger partial charge in [-0.15, -0.1) is 0 Å². The molecule has 1 aliphatic rings. The zero-order valence-electron chi connectivity index (χ0n) is 12.7. The molecule has 0 radical (unpaired) electrons. The van der Waals surface area contributed by atoms with Crippen molar-refractivity contribution >= 4 is 10.0 Å². The van der Waals surface area contributed by atoms with Gasteiger partial charge < -0.3 is 0 Å². The van der Waals surface area contributed by atoms with Crippen LogP contribution in [0.2, 0.25) is 0 Å². The van der Waals surface area contributed by atoms with Gasteiger partial charge in [0.05, 0.1) is 16.5 Å². The highest BCUT2D eigenvalue weighted by atomic mass is 32.2. The van der Waals surface area contributed by atoms with Crippen molar-refractivity contribution in [1.29, 1.82) is 5.26 Å². The van der Waals surface area contributed by atoms with Crippen LogP contribution in [0.4, 0.5) is 0 Å². The van der Waals surface area contributed by atoms with Gasteiger partial charge in [0.2, 0.25) is 10.0 Å². The van der Waals surface area contributed by atoms with Gasteiger partial charge in [-0.05, 0) is 49.9 Å². The van der Waals surface area contributed by atoms with E-state index in [-0.39, 0.29) is 6.04 Å². The molecule has 0 amide bonds. The van der Waals surface area contributed by atoms with Crippen LogP contribution in [0.5, 0.6) is 0 Å². The van der Waals surface area contributed by atoms with Gasteiger partial charge in [0, 0.05) is 12.6 Å². The van der Waals surface area contributed by atoms with E-state index in [4.69, 9.17) is 5.26 Å². The van der Waals surface area contributed by atoms with Gasteiger partial charge in [0.15, 0.2) is 0 Å². The smallest absolute Gasteiger partial charge is 0.207 e. The molecule has 1 atom stereocenters. The number of benzene rings is 1. The summed E-state index contributed by atoms with van der Waals surface area (Å²) in [5, 5.41) is 8.96. The molecule has 114 valence electrons. The van der Waals surface area contributed by atoms with Gasteiger partial charge >= 0.3 is 0 Å². The fourth-order valence-electron chi connectivity index (χ4n) is 2.97. The van der Waals surface area contributed by atoms with Crippen LogP contribution in [0.25, 0.3) is 0 Å². The zero-order chi connectivity index (χ0) is 15.5. The molecule has 1 aromatic carbocycles. The number of aryl methyl sites for hydroxylation is 1. The molecule has 1 unspecified atom stereocenters. The third kappa shape index (κ3) is 3.28. The zero-order valence-corrected chi connectivity index (χ0v) is 13.5. The molecule has 1 fully saturated rings. The van der Waals surface area contributed by atoms with E-state index in [2.05, 4.69) is 13.0 Å². The summed E-state index contributed by atoms with van der Waals surface area (Å²) in [7, 11) is -3.46. The molecule has 0 aromatic heterocycles. The second kappa shape index (κ2) is 6.59. The number of piperidine rings is 1. The summed E-state index contributed by atoms with van der Waals surface area (Å²) in [6.07, 6.45) is 4.87. The van der Waals surface area contributed by atoms with Crippen LogP contribution in [0.3, 0.4) is 0 Å². The molecule has 0 bridgehead atoms. The van der Waals surface area contributed by atoms with Gasteiger partial charge in [-0.2, -0.15) is 9.57 Å². The van der Waals surface area contributed by atoms with Crippen molar-refractivity contribution < 1.29 is 8.42 Å². The number of rotatable bonds is 4. The minimum absolute atomic E-state index is 0.115. The molecule has 1 aromatic rings. The van der Waals surface area contributed by atoms with Crippen molar-refractivity contribution in [3.05, 3.63) is 29.3 Å². The summed E-state index contributed by atoms with van der Waals surface area (Å²) < 4.78 is 27.4. The molecule has 0 saturated carbocycles. The second-order valence-electron chi connectivity index (χ2n) is 5.64. The first-order valence-electron chi connectivity index (χ1n) is 7.53. The molecule has 0 spiro atoms. The Morgan fingerprint density at radius 3 is 2.76 bits per heavy atom. The number of hydrogen-bond donors (Lipinski definition) is 0. The SMILES string of the molecule is CCCC1CCCCN1S(=O)(=O)c1ccc(C#N)c(C)c1. The molecule has 0 aliphatic carbocycles. The average molecular weight is 306 g/mol. The largest absolute Gasteiger partial charge is 0.243 e. The fraction of sp³-hybridized carbons (Fsp3) is 0.562. The molecule has 5 heteroatoms. The summed E-state index contributed by atoms with van der Waals surface area (Å²) in [6.45, 7) is 4.47. The lowest BCUT2D eigenvalue weighted by Crippen LogP contribution is -2.43. The van der Waals surface area contributed by atoms with E-state index in [0.717, 1.165) is 32.1 Å². The number of hydrogen-bond acceptors (Lipinski definition) is 3. The highest BCUT2D eigenvalue weighted by molar-refractivity contribution is 7.89. The summed E-state index contributed by atoms with van der Waals surface area (Å²) in [4.78, 5) is 0.307. The van der Waals surface area contributed by atoms with Crippen molar-refractivity contribution in [2.75, 3.05) is 6.54 Å². The molecule has 0 N–H and O–H groups in total. The second-order valence-corrected chi connectivity index (χ2v) is 7.53. The molecule has 21 heavy (non-hydrogen) atoms. The first-order valence-corrected chi connectivity index (χ1v) is 8.97. The maximum Gasteiger partial charge on any atom is 0.243 e. The Hall–Kier alpha value is -1.38. The van der Waals surface area contributed by atoms with E-state index in [1.165, 1.54) is 0 Å². The van der Waals surface area contributed by atoms with Crippen LogP contribution < -0.4 is 0 Å². The summed E-state index contributed by atoms with van der Waals surface area (Å²) in [6, 6.07) is 6.96. The Balaban J connectivity index is 2.36. The molecule has 2 rings (SSSR count). The van der Waals surface area contributed by atoms with Crippen molar-refractivity contribution in [2.24, 2.45) is 0 Å². The van der Waals surface area contributed by atoms with E-state index in [1.54, 1.807) is 29.4 Å². The molecular formula is C16H22N2O2S. The standard InChI is InChI=1S/C16H22N2O2S/c1-3-6-15-7-4-5-10-18(15)21(19,20)16-9-8-14(12-17)13(2)11-16/h8-9,11,15H,3-7,10H2,1-2H3. The van der Waals surface area contributed by atoms with Crippen LogP contribution >= 0.6 is 0 Å². The lowest BCUT2D eigenvalue weighted by atomic mass is 10.0. The number of sulfonamides is 1. The highest BCUT2D eigenvalue weighted by Gasteiger charge is 2.32. The minimum Gasteiger partial charge on any atom is -0.207 e. The Kier molecular flexibility index (Phi) is 5.02. The molecule has 1 heterocycles. The number of nitrogens with zero attached hydrogens (tertiary/aromatic N) is 2. The molecule has 1 aliphatic heterocycles. The molecule has 4 nitrogen and oxygen atoms in total. The van der Waals surface area contributed by atoms with Crippen molar-refractivity contribution in [3.8, 4) is 6.07 Å². The fourth-order valence-corrected chi connectivity index (χ4v) is 4.78. The monoisotopic (exact) mass is 306 g/mol. The predicted molar refractivity (Wildman–Crippen MR) is 82.3 cm³/mol. The average Bonchev–Trinajstić information content (AvgIpc) is 2.48. The maximum absolute atomic E-state index is 12.9. The molecular weight excluding hydrogens is 284 g/mol. The van der Waals surface area contributed by atoms with E-state index in [0.29, 0.717) is 22.6 Å². The normalized spacial score (nSPS) is 20.1. The predicted octanol–water partition coefficient (Wildman–Crippen LogP) is 3.21. The van der Waals surface area contributed by atoms with Gasteiger partial charge in [-0.1, -0.05) is 19.8 Å². The van der Waals surface area contributed by atoms with Crippen molar-refractivity contribution in [2.45, 2.75) is 56.9 Å². The quantitative estimate of drug-likeness (QED) is 0.858. The van der Waals surface area contributed by atoms with E-state index in [1.807, 2.05) is 0 Å². The van der Waals surface area contributed by atoms with Gasteiger partial charge in [0.25, 0.3) is 0 Å². The van der Waals surface area contributed by atoms with Crippen LogP contribution in [0.1, 0.15) is 50.2 Å². The lowest BCUT2D eigenvalue weighted by Gasteiger charge is -2.34. The Labute approximate surface area is 127 Å². The minimum atomic E-state index is -3.46. The van der Waals surface area contributed by atoms with Crippen LogP contribution in [-0.2, 0) is 10.0 Å². The third-order valence-electron chi connectivity index (χ3n) is 4.12. The highest BCUT2D eigenvalue weighted by Crippen LogP contribution is 2.28. The first kappa shape index (κ1) is 16.0. The Morgan fingerprint density at radius 2 is 2.14 bits per heavy atom. The summed E-state index contributed by atoms with van der Waals surface area (Å²) in [5.41, 5.74) is 1.24. The van der Waals surface area contributed by atoms with Gasteiger partial charge in [-0.25, -0.2) is 8.42 Å². The number of nitriles is 1. The van der Waals surface area contributed by atoms with Crippen LogP contribution in [0.15, 0.2) is 23.1 Å². The van der Waals surface area contributed by atoms with Crippen LogP contribution in [-0.4, -0.2) is 25.3 Å². The topological polar surface area (TPSA) is 61.2 Å². The van der Waals surface area contributed by atoms with Crippen LogP contribution in [0, 0.1) is 18.3 Å². The first-order chi connectivity index (χ1) is 10.0. The van der Waals surface area contributed by atoms with Gasteiger partial charge in [0.1, 0.15) is 0 Å². The van der Waals surface area contributed by atoms with Gasteiger partial charge in [-0.3, -0.25) is 0 Å². The van der Waals surface area contributed by atoms with Crippen molar-refractivity contribution in [3.63, 3.8) is 0 Å². The Bertz CT molecular complexity index is 645. The van der Waals surface area contributed by atoms with E-state index < -0.39 is 10.0 Å². The molecule has 1 saturated heterocycles. The summed E-state index contributed by atoms with van der Waals surface area (Å²) >= 11 is 0. The maximum atomic E-state index is 12.9. The van der Waals surface area contributed by atoms with E-state index >= 15 is 0 Å². The Morgan fingerprint density at radius 1 is 1.38 bits per heavy atom.